The molecule has 0 amide bonds. The zero-order valence-electron chi connectivity index (χ0n) is 11.1. The van der Waals surface area contributed by atoms with E-state index in [9.17, 15) is 9.18 Å². The second kappa shape index (κ2) is 5.14. The van der Waals surface area contributed by atoms with Crippen LogP contribution in [-0.4, -0.2) is 21.0 Å². The Hall–Kier alpha value is -2.47. The van der Waals surface area contributed by atoms with Crippen molar-refractivity contribution in [2.24, 2.45) is 0 Å². The molecular formula is C15H11FN2O2S. The van der Waals surface area contributed by atoms with Gasteiger partial charge in [-0.05, 0) is 36.8 Å². The van der Waals surface area contributed by atoms with Gasteiger partial charge >= 0.3 is 5.97 Å². The summed E-state index contributed by atoms with van der Waals surface area (Å²) in [7, 11) is 0. The van der Waals surface area contributed by atoms with Crippen LogP contribution in [0.3, 0.4) is 0 Å². The van der Waals surface area contributed by atoms with Gasteiger partial charge in [0.2, 0.25) is 0 Å². The Balaban J connectivity index is 1.97. The Morgan fingerprint density at radius 2 is 2.10 bits per heavy atom. The minimum atomic E-state index is -1.02. The standard InChI is InChI=1S/C15H11FN2O2S/c1-8-2-9(4-11(16)3-8)14-18-13(7-21-14)10-5-12(15(19)20)17-6-10/h2-7,17H,1H3,(H,19,20). The monoisotopic (exact) mass is 302 g/mol. The molecule has 2 aromatic heterocycles. The average Bonchev–Trinajstić information content (AvgIpc) is 3.07. The summed E-state index contributed by atoms with van der Waals surface area (Å²) in [5.41, 5.74) is 3.03. The summed E-state index contributed by atoms with van der Waals surface area (Å²) in [5, 5.41) is 11.4. The third kappa shape index (κ3) is 2.71. The molecule has 6 heteroatoms. The molecule has 0 spiro atoms. The summed E-state index contributed by atoms with van der Waals surface area (Å²) in [6, 6.07) is 6.29. The van der Waals surface area contributed by atoms with Crippen molar-refractivity contribution in [3.05, 3.63) is 52.9 Å². The number of halogens is 1. The summed E-state index contributed by atoms with van der Waals surface area (Å²) >= 11 is 1.39. The summed E-state index contributed by atoms with van der Waals surface area (Å²) < 4.78 is 13.4. The molecule has 21 heavy (non-hydrogen) atoms. The number of carboxylic acids is 1. The molecule has 106 valence electrons. The molecule has 4 nitrogen and oxygen atoms in total. The number of hydrogen-bond acceptors (Lipinski definition) is 3. The van der Waals surface area contributed by atoms with Gasteiger partial charge in [-0.1, -0.05) is 0 Å². The van der Waals surface area contributed by atoms with Gasteiger partial charge in [0.15, 0.2) is 0 Å². The van der Waals surface area contributed by atoms with E-state index >= 15 is 0 Å². The number of rotatable bonds is 3. The van der Waals surface area contributed by atoms with Crippen LogP contribution in [0.1, 0.15) is 16.1 Å². The van der Waals surface area contributed by atoms with Crippen LogP contribution in [0.2, 0.25) is 0 Å². The summed E-state index contributed by atoms with van der Waals surface area (Å²) in [4.78, 5) is 18.0. The highest BCUT2D eigenvalue weighted by Crippen LogP contribution is 2.30. The SMILES string of the molecule is Cc1cc(F)cc(-c2nc(-c3c[nH]c(C(=O)O)c3)cs2)c1. The smallest absolute Gasteiger partial charge is 0.352 e. The lowest BCUT2D eigenvalue weighted by molar-refractivity contribution is 0.0691. The van der Waals surface area contributed by atoms with Crippen LogP contribution in [0.25, 0.3) is 21.8 Å². The fourth-order valence-electron chi connectivity index (χ4n) is 2.06. The molecule has 2 heterocycles. The fourth-order valence-corrected chi connectivity index (χ4v) is 2.88. The van der Waals surface area contributed by atoms with E-state index in [1.807, 2.05) is 18.4 Å². The van der Waals surface area contributed by atoms with Gasteiger partial charge in [0.25, 0.3) is 0 Å². The van der Waals surface area contributed by atoms with Crippen molar-refractivity contribution in [2.75, 3.05) is 0 Å². The van der Waals surface area contributed by atoms with Gasteiger partial charge in [0.1, 0.15) is 16.5 Å². The van der Waals surface area contributed by atoms with Crippen molar-refractivity contribution in [3.63, 3.8) is 0 Å². The topological polar surface area (TPSA) is 66.0 Å². The number of nitrogens with one attached hydrogen (secondary N) is 1. The lowest BCUT2D eigenvalue weighted by Crippen LogP contribution is -1.94. The van der Waals surface area contributed by atoms with E-state index in [1.54, 1.807) is 6.20 Å². The van der Waals surface area contributed by atoms with Crippen LogP contribution in [0.4, 0.5) is 4.39 Å². The molecule has 3 aromatic rings. The maximum Gasteiger partial charge on any atom is 0.352 e. The molecule has 0 unspecified atom stereocenters. The normalized spacial score (nSPS) is 10.8. The first-order valence-electron chi connectivity index (χ1n) is 6.18. The van der Waals surface area contributed by atoms with Crippen molar-refractivity contribution in [2.45, 2.75) is 6.92 Å². The first-order valence-corrected chi connectivity index (χ1v) is 7.06. The first-order chi connectivity index (χ1) is 10.0. The average molecular weight is 302 g/mol. The second-order valence-electron chi connectivity index (χ2n) is 4.66. The minimum Gasteiger partial charge on any atom is -0.477 e. The molecule has 0 saturated carbocycles. The van der Waals surface area contributed by atoms with E-state index in [4.69, 9.17) is 5.11 Å². The van der Waals surface area contributed by atoms with Crippen LogP contribution in [0, 0.1) is 12.7 Å². The highest BCUT2D eigenvalue weighted by Gasteiger charge is 2.12. The number of carbonyl (C=O) groups is 1. The number of aromatic amines is 1. The van der Waals surface area contributed by atoms with Gasteiger partial charge in [-0.2, -0.15) is 0 Å². The molecule has 0 atom stereocenters. The number of carboxylic acid groups (broad SMARTS) is 1. The summed E-state index contributed by atoms with van der Waals surface area (Å²) in [6.07, 6.45) is 1.60. The fraction of sp³-hybridized carbons (Fsp3) is 0.0667. The van der Waals surface area contributed by atoms with E-state index in [2.05, 4.69) is 9.97 Å². The van der Waals surface area contributed by atoms with Crippen molar-refractivity contribution in [1.82, 2.24) is 9.97 Å². The zero-order valence-corrected chi connectivity index (χ0v) is 11.9. The van der Waals surface area contributed by atoms with Crippen molar-refractivity contribution in [1.29, 1.82) is 0 Å². The van der Waals surface area contributed by atoms with E-state index < -0.39 is 5.97 Å². The number of H-pyrrole nitrogens is 1. The number of aromatic nitrogens is 2. The maximum absolute atomic E-state index is 13.4. The van der Waals surface area contributed by atoms with Crippen molar-refractivity contribution >= 4 is 17.3 Å². The zero-order chi connectivity index (χ0) is 15.0. The molecule has 0 saturated heterocycles. The number of nitrogens with zero attached hydrogens (tertiary/aromatic N) is 1. The van der Waals surface area contributed by atoms with Crippen LogP contribution in [0.15, 0.2) is 35.8 Å². The van der Waals surface area contributed by atoms with Crippen molar-refractivity contribution in [3.8, 4) is 21.8 Å². The number of aryl methyl sites for hydroxylation is 1. The van der Waals surface area contributed by atoms with Gasteiger partial charge in [-0.25, -0.2) is 14.2 Å². The Labute approximate surface area is 123 Å². The number of hydrogen-bond donors (Lipinski definition) is 2. The molecule has 0 bridgehead atoms. The van der Waals surface area contributed by atoms with Crippen LogP contribution in [-0.2, 0) is 0 Å². The Morgan fingerprint density at radius 1 is 1.29 bits per heavy atom. The van der Waals surface area contributed by atoms with Crippen LogP contribution in [0.5, 0.6) is 0 Å². The quantitative estimate of drug-likeness (QED) is 0.770. The number of aromatic carboxylic acids is 1. The van der Waals surface area contributed by atoms with Gasteiger partial charge in [0, 0.05) is 22.7 Å². The minimum absolute atomic E-state index is 0.112. The van der Waals surface area contributed by atoms with Crippen LogP contribution < -0.4 is 0 Å². The predicted molar refractivity (Wildman–Crippen MR) is 79.0 cm³/mol. The summed E-state index contributed by atoms with van der Waals surface area (Å²) in [5.74, 6) is -1.31. The predicted octanol–water partition coefficient (Wildman–Crippen LogP) is 3.95. The Kier molecular flexibility index (Phi) is 3.31. The molecular weight excluding hydrogens is 291 g/mol. The lowest BCUT2D eigenvalue weighted by atomic mass is 10.1. The molecule has 0 radical (unpaired) electrons. The molecule has 0 aliphatic carbocycles. The van der Waals surface area contributed by atoms with E-state index in [0.29, 0.717) is 16.3 Å². The van der Waals surface area contributed by atoms with Gasteiger partial charge in [0.05, 0.1) is 5.69 Å². The highest BCUT2D eigenvalue weighted by atomic mass is 32.1. The van der Waals surface area contributed by atoms with E-state index in [-0.39, 0.29) is 11.5 Å². The molecule has 0 aliphatic heterocycles. The molecule has 2 N–H and O–H groups in total. The molecule has 3 rings (SSSR count). The Morgan fingerprint density at radius 3 is 2.76 bits per heavy atom. The Bertz CT molecular complexity index is 802. The maximum atomic E-state index is 13.4. The first kappa shape index (κ1) is 13.5. The third-order valence-corrected chi connectivity index (χ3v) is 3.89. The van der Waals surface area contributed by atoms with Gasteiger partial charge in [-0.3, -0.25) is 0 Å². The summed E-state index contributed by atoms with van der Waals surface area (Å²) in [6.45, 7) is 1.83. The molecule has 0 fully saturated rings. The largest absolute Gasteiger partial charge is 0.477 e. The van der Waals surface area contributed by atoms with Gasteiger partial charge in [-0.15, -0.1) is 11.3 Å². The van der Waals surface area contributed by atoms with Crippen LogP contribution >= 0.6 is 11.3 Å². The van der Waals surface area contributed by atoms with Gasteiger partial charge < -0.3 is 10.1 Å². The van der Waals surface area contributed by atoms with E-state index in [1.165, 1.54) is 29.5 Å². The number of benzene rings is 1. The number of thiazole rings is 1. The third-order valence-electron chi connectivity index (χ3n) is 3.00. The highest BCUT2D eigenvalue weighted by molar-refractivity contribution is 7.13. The molecule has 0 aliphatic rings. The van der Waals surface area contributed by atoms with Crippen molar-refractivity contribution < 1.29 is 14.3 Å². The molecule has 1 aromatic carbocycles. The van der Waals surface area contributed by atoms with E-state index in [0.717, 1.165) is 11.1 Å². The second-order valence-corrected chi connectivity index (χ2v) is 5.52. The lowest BCUT2D eigenvalue weighted by Gasteiger charge is -1.99.